The van der Waals surface area contributed by atoms with Gasteiger partial charge in [-0.25, -0.2) is 0 Å². The Bertz CT molecular complexity index is 344. The van der Waals surface area contributed by atoms with Crippen LogP contribution in [0.15, 0.2) is 42.2 Å². The SMILES string of the molecule is C/C=C\P(=O)(O)CCc1ccccc1. The molecule has 1 rings (SSSR count). The summed E-state index contributed by atoms with van der Waals surface area (Å²) in [6.07, 6.45) is 2.60. The second kappa shape index (κ2) is 5.14. The van der Waals surface area contributed by atoms with E-state index in [2.05, 4.69) is 0 Å². The molecular weight excluding hydrogens is 195 g/mol. The third-order valence-corrected chi connectivity index (χ3v) is 3.57. The maximum atomic E-state index is 11.5. The van der Waals surface area contributed by atoms with Crippen molar-refractivity contribution in [3.05, 3.63) is 47.8 Å². The Morgan fingerprint density at radius 3 is 2.57 bits per heavy atom. The van der Waals surface area contributed by atoms with Crippen LogP contribution in [0.2, 0.25) is 0 Å². The normalized spacial score (nSPS) is 15.6. The summed E-state index contributed by atoms with van der Waals surface area (Å²) in [5.74, 6) is 1.40. The Kier molecular flexibility index (Phi) is 4.12. The highest BCUT2D eigenvalue weighted by molar-refractivity contribution is 7.61. The predicted molar refractivity (Wildman–Crippen MR) is 59.7 cm³/mol. The van der Waals surface area contributed by atoms with E-state index >= 15 is 0 Å². The molecule has 0 amide bonds. The molecule has 0 aliphatic rings. The highest BCUT2D eigenvalue weighted by atomic mass is 31.2. The molecule has 2 nitrogen and oxygen atoms in total. The van der Waals surface area contributed by atoms with Gasteiger partial charge in [0.15, 0.2) is 0 Å². The van der Waals surface area contributed by atoms with Crippen molar-refractivity contribution in [3.63, 3.8) is 0 Å². The smallest absolute Gasteiger partial charge is 0.222 e. The number of allylic oxidation sites excluding steroid dienone is 1. The van der Waals surface area contributed by atoms with Crippen molar-refractivity contribution in [1.82, 2.24) is 0 Å². The van der Waals surface area contributed by atoms with Crippen LogP contribution in [0.4, 0.5) is 0 Å². The first-order valence-electron chi connectivity index (χ1n) is 4.63. The molecule has 1 aromatic rings. The summed E-state index contributed by atoms with van der Waals surface area (Å²) in [5, 5.41) is 0. The Morgan fingerprint density at radius 2 is 2.00 bits per heavy atom. The summed E-state index contributed by atoms with van der Waals surface area (Å²) in [5.41, 5.74) is 1.10. The zero-order chi connectivity index (χ0) is 10.4. The molecule has 1 atom stereocenters. The van der Waals surface area contributed by atoms with Gasteiger partial charge < -0.3 is 4.89 Å². The van der Waals surface area contributed by atoms with Crippen LogP contribution in [0.25, 0.3) is 0 Å². The molecule has 0 saturated carbocycles. The lowest BCUT2D eigenvalue weighted by Gasteiger charge is -2.05. The molecule has 0 aliphatic heterocycles. The summed E-state index contributed by atoms with van der Waals surface area (Å²) < 4.78 is 11.5. The third kappa shape index (κ3) is 3.91. The maximum absolute atomic E-state index is 11.5. The first kappa shape index (κ1) is 11.2. The number of rotatable bonds is 4. The van der Waals surface area contributed by atoms with E-state index in [0.29, 0.717) is 12.6 Å². The molecule has 0 aliphatic carbocycles. The molecule has 0 aromatic heterocycles. The fraction of sp³-hybridized carbons (Fsp3) is 0.273. The van der Waals surface area contributed by atoms with Crippen molar-refractivity contribution in [1.29, 1.82) is 0 Å². The minimum atomic E-state index is -3.04. The van der Waals surface area contributed by atoms with E-state index in [1.165, 1.54) is 5.82 Å². The highest BCUT2D eigenvalue weighted by Gasteiger charge is 2.12. The van der Waals surface area contributed by atoms with Gasteiger partial charge in [-0.2, -0.15) is 0 Å². The van der Waals surface area contributed by atoms with Crippen molar-refractivity contribution >= 4 is 7.37 Å². The predicted octanol–water partition coefficient (Wildman–Crippen LogP) is 3.03. The molecule has 0 bridgehead atoms. The quantitative estimate of drug-likeness (QED) is 0.775. The van der Waals surface area contributed by atoms with Crippen LogP contribution in [-0.2, 0) is 11.0 Å². The van der Waals surface area contributed by atoms with Crippen LogP contribution < -0.4 is 0 Å². The zero-order valence-corrected chi connectivity index (χ0v) is 9.15. The van der Waals surface area contributed by atoms with Gasteiger partial charge in [-0.15, -0.1) is 0 Å². The Hall–Kier alpha value is -0.850. The van der Waals surface area contributed by atoms with E-state index in [1.807, 2.05) is 30.3 Å². The van der Waals surface area contributed by atoms with E-state index in [1.54, 1.807) is 13.0 Å². The second-order valence-electron chi connectivity index (χ2n) is 3.20. The molecule has 0 heterocycles. The van der Waals surface area contributed by atoms with E-state index in [0.717, 1.165) is 5.56 Å². The van der Waals surface area contributed by atoms with Crippen LogP contribution in [-0.4, -0.2) is 11.1 Å². The van der Waals surface area contributed by atoms with Crippen molar-refractivity contribution in [3.8, 4) is 0 Å². The van der Waals surface area contributed by atoms with Crippen molar-refractivity contribution in [2.45, 2.75) is 13.3 Å². The average molecular weight is 210 g/mol. The second-order valence-corrected chi connectivity index (χ2v) is 5.45. The molecule has 14 heavy (non-hydrogen) atoms. The molecule has 1 aromatic carbocycles. The Balaban J connectivity index is 2.53. The maximum Gasteiger partial charge on any atom is 0.222 e. The number of aryl methyl sites for hydroxylation is 1. The lowest BCUT2D eigenvalue weighted by atomic mass is 10.2. The molecule has 76 valence electrons. The Labute approximate surface area is 84.7 Å². The van der Waals surface area contributed by atoms with Crippen LogP contribution in [0, 0.1) is 0 Å². The number of benzene rings is 1. The van der Waals surface area contributed by atoms with Gasteiger partial charge >= 0.3 is 0 Å². The molecule has 0 spiro atoms. The van der Waals surface area contributed by atoms with Crippen LogP contribution >= 0.6 is 7.37 Å². The van der Waals surface area contributed by atoms with Crippen LogP contribution in [0.3, 0.4) is 0 Å². The van der Waals surface area contributed by atoms with Gasteiger partial charge in [0.1, 0.15) is 0 Å². The fourth-order valence-electron chi connectivity index (χ4n) is 1.24. The zero-order valence-electron chi connectivity index (χ0n) is 8.26. The van der Waals surface area contributed by atoms with E-state index in [-0.39, 0.29) is 0 Å². The number of hydrogen-bond donors (Lipinski definition) is 1. The minimum Gasteiger partial charge on any atom is -0.341 e. The summed E-state index contributed by atoms with van der Waals surface area (Å²) in [7, 11) is -3.04. The minimum absolute atomic E-state index is 0.321. The van der Waals surface area contributed by atoms with Gasteiger partial charge in [0.25, 0.3) is 0 Å². The van der Waals surface area contributed by atoms with E-state index < -0.39 is 7.37 Å². The Morgan fingerprint density at radius 1 is 1.36 bits per heavy atom. The first-order chi connectivity index (χ1) is 6.64. The van der Waals surface area contributed by atoms with Crippen LogP contribution in [0.1, 0.15) is 12.5 Å². The summed E-state index contributed by atoms with van der Waals surface area (Å²) in [4.78, 5) is 9.44. The third-order valence-electron chi connectivity index (χ3n) is 1.95. The largest absolute Gasteiger partial charge is 0.341 e. The first-order valence-corrected chi connectivity index (χ1v) is 6.55. The highest BCUT2D eigenvalue weighted by Crippen LogP contribution is 2.42. The summed E-state index contributed by atoms with van der Waals surface area (Å²) >= 11 is 0. The molecule has 0 saturated heterocycles. The van der Waals surface area contributed by atoms with Crippen LogP contribution in [0.5, 0.6) is 0 Å². The lowest BCUT2D eigenvalue weighted by molar-refractivity contribution is 0.488. The van der Waals surface area contributed by atoms with Gasteiger partial charge in [-0.1, -0.05) is 36.4 Å². The van der Waals surface area contributed by atoms with Crippen molar-refractivity contribution in [2.24, 2.45) is 0 Å². The fourth-order valence-corrected chi connectivity index (χ4v) is 2.43. The van der Waals surface area contributed by atoms with E-state index in [4.69, 9.17) is 0 Å². The van der Waals surface area contributed by atoms with Gasteiger partial charge in [0.2, 0.25) is 7.37 Å². The van der Waals surface area contributed by atoms with Gasteiger partial charge in [-0.3, -0.25) is 4.57 Å². The molecule has 1 N–H and O–H groups in total. The summed E-state index contributed by atoms with van der Waals surface area (Å²) in [6, 6.07) is 9.75. The average Bonchev–Trinajstić information content (AvgIpc) is 2.17. The standard InChI is InChI=1S/C11H15O2P/c1-2-9-14(12,13)10-8-11-6-4-3-5-7-11/h2-7,9H,8,10H2,1H3,(H,12,13)/b9-2-. The van der Waals surface area contributed by atoms with Crippen molar-refractivity contribution in [2.75, 3.05) is 6.16 Å². The topological polar surface area (TPSA) is 37.3 Å². The van der Waals surface area contributed by atoms with Gasteiger partial charge in [0, 0.05) is 6.16 Å². The monoisotopic (exact) mass is 210 g/mol. The molecule has 3 heteroatoms. The molecule has 0 radical (unpaired) electrons. The molecule has 0 fully saturated rings. The lowest BCUT2D eigenvalue weighted by Crippen LogP contribution is -1.92. The van der Waals surface area contributed by atoms with Gasteiger partial charge in [0.05, 0.1) is 0 Å². The molecular formula is C11H15O2P. The molecule has 1 unspecified atom stereocenters. The number of hydrogen-bond acceptors (Lipinski definition) is 1. The van der Waals surface area contributed by atoms with Gasteiger partial charge in [-0.05, 0) is 24.7 Å². The summed E-state index contributed by atoms with van der Waals surface area (Å²) in [6.45, 7) is 1.76. The van der Waals surface area contributed by atoms with E-state index in [9.17, 15) is 9.46 Å². The van der Waals surface area contributed by atoms with Crippen molar-refractivity contribution < 1.29 is 9.46 Å².